The summed E-state index contributed by atoms with van der Waals surface area (Å²) in [6.07, 6.45) is 1.14. The van der Waals surface area contributed by atoms with Gasteiger partial charge in [0.05, 0.1) is 0 Å². The molecule has 0 spiro atoms. The van der Waals surface area contributed by atoms with E-state index in [2.05, 4.69) is 10.6 Å². The molecule has 0 aromatic rings. The minimum absolute atomic E-state index is 0.450. The van der Waals surface area contributed by atoms with Crippen molar-refractivity contribution in [3.05, 3.63) is 12.0 Å². The van der Waals surface area contributed by atoms with Crippen molar-refractivity contribution < 1.29 is 4.39 Å². The van der Waals surface area contributed by atoms with Gasteiger partial charge in [-0.15, -0.1) is 0 Å². The van der Waals surface area contributed by atoms with E-state index in [9.17, 15) is 4.39 Å². The summed E-state index contributed by atoms with van der Waals surface area (Å²) in [5.41, 5.74) is -1.28. The number of hydrogen-bond acceptors (Lipinski definition) is 2. The Morgan fingerprint density at radius 1 is 1.56 bits per heavy atom. The second-order valence-electron chi connectivity index (χ2n) is 1.59. The Morgan fingerprint density at radius 3 is 2.67 bits per heavy atom. The molecule has 0 radical (unpaired) electrons. The predicted molar refractivity (Wildman–Crippen MR) is 34.7 cm³/mol. The van der Waals surface area contributed by atoms with Crippen molar-refractivity contribution in [2.45, 2.75) is 11.1 Å². The molecule has 1 heterocycles. The normalized spacial score (nSPS) is 35.2. The summed E-state index contributed by atoms with van der Waals surface area (Å²) in [4.78, 5) is 0. The van der Waals surface area contributed by atoms with Crippen LogP contribution >= 0.6 is 23.2 Å². The van der Waals surface area contributed by atoms with Gasteiger partial charge >= 0.3 is 0 Å². The highest BCUT2D eigenvalue weighted by Gasteiger charge is 2.18. The molecule has 5 heteroatoms. The van der Waals surface area contributed by atoms with Crippen molar-refractivity contribution in [2.24, 2.45) is 0 Å². The summed E-state index contributed by atoms with van der Waals surface area (Å²) < 4.78 is 12.3. The monoisotopic (exact) mass is 170 g/mol. The van der Waals surface area contributed by atoms with Crippen LogP contribution in [0.4, 0.5) is 4.39 Å². The van der Waals surface area contributed by atoms with Crippen molar-refractivity contribution in [1.29, 1.82) is 0 Å². The third-order valence-corrected chi connectivity index (χ3v) is 1.49. The van der Waals surface area contributed by atoms with Crippen LogP contribution in [0.3, 0.4) is 0 Å². The van der Waals surface area contributed by atoms with E-state index in [1.165, 1.54) is 0 Å². The Labute approximate surface area is 62.0 Å². The van der Waals surface area contributed by atoms with Crippen LogP contribution in [-0.2, 0) is 0 Å². The number of alkyl halides is 2. The zero-order valence-corrected chi connectivity index (χ0v) is 5.88. The van der Waals surface area contributed by atoms with Crippen LogP contribution in [0.25, 0.3) is 0 Å². The van der Waals surface area contributed by atoms with Crippen LogP contribution in [0.1, 0.15) is 0 Å². The molecule has 0 fully saturated rings. The maximum Gasteiger partial charge on any atom is 0.156 e. The number of nitrogens with one attached hydrogen (secondary N) is 2. The lowest BCUT2D eigenvalue weighted by Crippen LogP contribution is -2.43. The molecule has 0 aliphatic carbocycles. The van der Waals surface area contributed by atoms with Gasteiger partial charge in [0.2, 0.25) is 0 Å². The Morgan fingerprint density at radius 2 is 2.22 bits per heavy atom. The van der Waals surface area contributed by atoms with Crippen LogP contribution in [0.15, 0.2) is 12.0 Å². The summed E-state index contributed by atoms with van der Waals surface area (Å²) in [6.45, 7) is 0. The van der Waals surface area contributed by atoms with Crippen LogP contribution < -0.4 is 10.6 Å². The van der Waals surface area contributed by atoms with E-state index >= 15 is 0 Å². The Hall–Kier alpha value is 0.01000. The van der Waals surface area contributed by atoms with E-state index in [4.69, 9.17) is 23.2 Å². The second kappa shape index (κ2) is 2.73. The van der Waals surface area contributed by atoms with Gasteiger partial charge in [0.25, 0.3) is 0 Å². The van der Waals surface area contributed by atoms with E-state index in [0.717, 1.165) is 6.20 Å². The molecule has 2 N–H and O–H groups in total. The van der Waals surface area contributed by atoms with Crippen molar-refractivity contribution in [3.8, 4) is 0 Å². The van der Waals surface area contributed by atoms with Crippen LogP contribution in [-0.4, -0.2) is 11.1 Å². The highest BCUT2D eigenvalue weighted by Crippen LogP contribution is 2.12. The van der Waals surface area contributed by atoms with E-state index in [1.54, 1.807) is 0 Å². The number of rotatable bonds is 0. The first-order valence-electron chi connectivity index (χ1n) is 2.36. The number of halogens is 3. The topological polar surface area (TPSA) is 24.1 Å². The largest absolute Gasteiger partial charge is 0.361 e. The quantitative estimate of drug-likeness (QED) is 0.420. The molecule has 0 amide bonds. The molecular formula is C4H5Cl2FN2. The Bertz CT molecular complexity index is 139. The van der Waals surface area contributed by atoms with Gasteiger partial charge in [-0.05, 0) is 0 Å². The fourth-order valence-corrected chi connectivity index (χ4v) is 0.925. The molecule has 1 rings (SSSR count). The first-order valence-corrected chi connectivity index (χ1v) is 3.23. The maximum absolute atomic E-state index is 12.3. The second-order valence-corrected chi connectivity index (χ2v) is 2.46. The lowest BCUT2D eigenvalue weighted by atomic mass is 10.5. The molecule has 52 valence electrons. The molecule has 0 saturated carbocycles. The fraction of sp³-hybridized carbons (Fsp3) is 0.500. The lowest BCUT2D eigenvalue weighted by Gasteiger charge is -2.20. The summed E-state index contributed by atoms with van der Waals surface area (Å²) in [5.74, 6) is -0.450. The molecule has 9 heavy (non-hydrogen) atoms. The first-order chi connectivity index (χ1) is 4.20. The molecule has 0 aromatic heterocycles. The molecule has 1 aliphatic heterocycles. The zero-order valence-electron chi connectivity index (χ0n) is 4.37. The van der Waals surface area contributed by atoms with Gasteiger partial charge in [-0.25, -0.2) is 4.39 Å². The molecule has 2 unspecified atom stereocenters. The minimum atomic E-state index is -0.797. The van der Waals surface area contributed by atoms with Crippen molar-refractivity contribution in [1.82, 2.24) is 10.6 Å². The molecule has 0 saturated heterocycles. The standard InChI is InChI=1S/C4H5Cl2FN2/c5-3-2(7)1-8-4(6)9-3/h1,3-4,8-9H. The summed E-state index contributed by atoms with van der Waals surface area (Å²) >= 11 is 10.8. The average Bonchev–Trinajstić information content (AvgIpc) is 1.80. The Kier molecular flexibility index (Phi) is 2.16. The van der Waals surface area contributed by atoms with Crippen molar-refractivity contribution in [2.75, 3.05) is 0 Å². The van der Waals surface area contributed by atoms with Gasteiger partial charge in [-0.2, -0.15) is 0 Å². The molecule has 0 bridgehead atoms. The zero-order chi connectivity index (χ0) is 6.85. The van der Waals surface area contributed by atoms with E-state index in [-0.39, 0.29) is 0 Å². The van der Waals surface area contributed by atoms with Gasteiger partial charge < -0.3 is 5.32 Å². The van der Waals surface area contributed by atoms with Gasteiger partial charge in [0, 0.05) is 6.20 Å². The Balaban J connectivity index is 2.56. The third kappa shape index (κ3) is 1.71. The van der Waals surface area contributed by atoms with Gasteiger partial charge in [0.1, 0.15) is 11.3 Å². The van der Waals surface area contributed by atoms with E-state index in [1.807, 2.05) is 0 Å². The fourth-order valence-electron chi connectivity index (χ4n) is 0.482. The first kappa shape index (κ1) is 7.12. The van der Waals surface area contributed by atoms with E-state index in [0.29, 0.717) is 0 Å². The average molecular weight is 171 g/mol. The summed E-state index contributed by atoms with van der Waals surface area (Å²) in [5, 5.41) is 5.00. The lowest BCUT2D eigenvalue weighted by molar-refractivity contribution is 0.471. The van der Waals surface area contributed by atoms with Gasteiger partial charge in [0.15, 0.2) is 5.62 Å². The predicted octanol–water partition coefficient (Wildman–Crippen LogP) is 1.08. The SMILES string of the molecule is FC1=CNC(Cl)NC1Cl. The van der Waals surface area contributed by atoms with E-state index < -0.39 is 17.0 Å². The van der Waals surface area contributed by atoms with Crippen molar-refractivity contribution >= 4 is 23.2 Å². The summed E-state index contributed by atoms with van der Waals surface area (Å²) in [7, 11) is 0. The maximum atomic E-state index is 12.3. The van der Waals surface area contributed by atoms with Gasteiger partial charge in [-0.1, -0.05) is 23.2 Å². The number of hydrogen-bond donors (Lipinski definition) is 2. The van der Waals surface area contributed by atoms with Crippen LogP contribution in [0.5, 0.6) is 0 Å². The van der Waals surface area contributed by atoms with Crippen molar-refractivity contribution in [3.63, 3.8) is 0 Å². The molecule has 0 aromatic carbocycles. The molecule has 2 nitrogen and oxygen atoms in total. The molecule has 1 aliphatic rings. The minimum Gasteiger partial charge on any atom is -0.361 e. The molecular weight excluding hydrogens is 166 g/mol. The smallest absolute Gasteiger partial charge is 0.156 e. The van der Waals surface area contributed by atoms with Crippen LogP contribution in [0.2, 0.25) is 0 Å². The van der Waals surface area contributed by atoms with Crippen LogP contribution in [0, 0.1) is 0 Å². The van der Waals surface area contributed by atoms with Gasteiger partial charge in [-0.3, -0.25) is 5.32 Å². The highest BCUT2D eigenvalue weighted by atomic mass is 35.5. The summed E-state index contributed by atoms with van der Waals surface area (Å²) in [6, 6.07) is 0. The molecule has 2 atom stereocenters. The third-order valence-electron chi connectivity index (χ3n) is 0.902. The highest BCUT2D eigenvalue weighted by molar-refractivity contribution is 6.24.